The number of aromatic nitrogens is 1. The van der Waals surface area contributed by atoms with Gasteiger partial charge in [-0.25, -0.2) is 9.79 Å². The maximum atomic E-state index is 10.9. The second kappa shape index (κ2) is 17.8. The molecule has 0 radical (unpaired) electrons. The van der Waals surface area contributed by atoms with E-state index in [0.717, 1.165) is 25.0 Å². The maximum absolute atomic E-state index is 10.9. The van der Waals surface area contributed by atoms with Crippen LogP contribution in [0.5, 0.6) is 11.5 Å². The van der Waals surface area contributed by atoms with E-state index in [2.05, 4.69) is 23.7 Å². The fraction of sp³-hybridized carbons (Fsp3) is 0.345. The Bertz CT molecular complexity index is 1170. The van der Waals surface area contributed by atoms with Crippen molar-refractivity contribution in [2.45, 2.75) is 60.3 Å². The highest BCUT2D eigenvalue weighted by molar-refractivity contribution is 6.32. The average molecular weight is 529 g/mol. The van der Waals surface area contributed by atoms with Gasteiger partial charge < -0.3 is 19.1 Å². The monoisotopic (exact) mass is 528 g/mol. The molecule has 0 amide bonds. The van der Waals surface area contributed by atoms with E-state index in [-0.39, 0.29) is 10.8 Å². The molecule has 2 aromatic carbocycles. The molecule has 0 unspecified atom stereocenters. The van der Waals surface area contributed by atoms with E-state index < -0.39 is 12.6 Å². The highest BCUT2D eigenvalue weighted by Gasteiger charge is 2.14. The summed E-state index contributed by atoms with van der Waals surface area (Å²) in [7, 11) is 0. The number of rotatable bonds is 11. The molecule has 1 N–H and O–H groups in total. The van der Waals surface area contributed by atoms with Crippen molar-refractivity contribution in [1.29, 1.82) is 0 Å². The number of carboxylic acids is 1. The predicted molar refractivity (Wildman–Crippen MR) is 152 cm³/mol. The number of nitrogens with zero attached hydrogens (tertiary/aromatic N) is 2. The van der Waals surface area contributed by atoms with Gasteiger partial charge in [-0.3, -0.25) is 0 Å². The largest absolute Gasteiger partial charge is 0.480 e. The summed E-state index contributed by atoms with van der Waals surface area (Å²) < 4.78 is 16.5. The second-order valence-electron chi connectivity index (χ2n) is 7.19. The van der Waals surface area contributed by atoms with Crippen LogP contribution in [0.1, 0.15) is 66.0 Å². The van der Waals surface area contributed by atoms with Crippen LogP contribution in [0, 0.1) is 0 Å². The lowest BCUT2D eigenvalue weighted by atomic mass is 10.1. The van der Waals surface area contributed by atoms with Crippen LogP contribution in [-0.2, 0) is 4.79 Å². The van der Waals surface area contributed by atoms with Crippen LogP contribution in [0.15, 0.2) is 70.3 Å². The van der Waals surface area contributed by atoms with Crippen molar-refractivity contribution in [1.82, 2.24) is 5.16 Å². The Morgan fingerprint density at radius 3 is 2.49 bits per heavy atom. The van der Waals surface area contributed by atoms with E-state index in [9.17, 15) is 4.79 Å². The number of ether oxygens (including phenoxy) is 2. The molecular formula is C29H37ClN2O5. The fourth-order valence-corrected chi connectivity index (χ4v) is 3.26. The topological polar surface area (TPSA) is 94.2 Å². The maximum Gasteiger partial charge on any atom is 0.341 e. The van der Waals surface area contributed by atoms with Crippen LogP contribution in [0.4, 0.5) is 0 Å². The van der Waals surface area contributed by atoms with Crippen molar-refractivity contribution < 1.29 is 23.9 Å². The third-order valence-corrected chi connectivity index (χ3v) is 4.93. The lowest BCUT2D eigenvalue weighted by molar-refractivity contribution is -0.139. The van der Waals surface area contributed by atoms with E-state index in [4.69, 9.17) is 30.7 Å². The Morgan fingerprint density at radius 2 is 1.86 bits per heavy atom. The lowest BCUT2D eigenvalue weighted by Gasteiger charge is -2.08. The first-order valence-electron chi connectivity index (χ1n) is 12.6. The number of para-hydroxylation sites is 1. The molecule has 0 fully saturated rings. The summed E-state index contributed by atoms with van der Waals surface area (Å²) in [5, 5.41) is 13.9. The number of aliphatic carboxylic acids is 1. The molecule has 3 rings (SSSR count). The number of carboxylic acid groups (broad SMARTS) is 1. The molecule has 0 bridgehead atoms. The van der Waals surface area contributed by atoms with Gasteiger partial charge in [-0.05, 0) is 43.2 Å². The minimum atomic E-state index is -1.10. The van der Waals surface area contributed by atoms with Crippen LogP contribution in [0.3, 0.4) is 0 Å². The summed E-state index contributed by atoms with van der Waals surface area (Å²) in [6.07, 6.45) is 7.14. The van der Waals surface area contributed by atoms with Gasteiger partial charge in [0.15, 0.2) is 12.2 Å². The third-order valence-electron chi connectivity index (χ3n) is 4.64. The molecule has 0 aliphatic heterocycles. The molecule has 1 aromatic heterocycles. The number of unbranched alkanes of at least 4 members (excludes halogenated alkanes) is 2. The van der Waals surface area contributed by atoms with Gasteiger partial charge in [-0.1, -0.05) is 89.0 Å². The predicted octanol–water partition coefficient (Wildman–Crippen LogP) is 8.58. The zero-order valence-electron chi connectivity index (χ0n) is 22.3. The van der Waals surface area contributed by atoms with Gasteiger partial charge in [0.05, 0.1) is 10.4 Å². The lowest BCUT2D eigenvalue weighted by Crippen LogP contribution is -2.09. The Labute approximate surface area is 224 Å². The molecular weight excluding hydrogens is 492 g/mol. The van der Waals surface area contributed by atoms with Gasteiger partial charge in [0.1, 0.15) is 17.2 Å². The SMILES string of the molecule is C=CC(=N/C(=C/c1noc2cc(Cl)c(OCC(=O)O)cc12)CCCCC)Oc1ccccc1.CC.CC. The summed E-state index contributed by atoms with van der Waals surface area (Å²) in [6.45, 7) is 13.4. The van der Waals surface area contributed by atoms with Gasteiger partial charge in [-0.2, -0.15) is 0 Å². The Morgan fingerprint density at radius 1 is 1.16 bits per heavy atom. The fourth-order valence-electron chi connectivity index (χ4n) is 3.05. The standard InChI is InChI=1S/C25H25ClN2O5.2C2H6/c1-3-5-7-10-17(27-24(4-2)32-18-11-8-6-9-12-18)13-21-19-14-23(31-16-25(29)30)20(26)15-22(19)33-28-21;2*1-2/h4,6,8-9,11-15H,2-3,5,7,10,16H2,1H3,(H,29,30);2*1-2H3/b17-13+,27-24?;;. The second-order valence-corrected chi connectivity index (χ2v) is 7.60. The first-order valence-corrected chi connectivity index (χ1v) is 13.0. The van der Waals surface area contributed by atoms with Gasteiger partial charge in [0.2, 0.25) is 5.90 Å². The number of hydrogen-bond donors (Lipinski definition) is 1. The number of carbonyl (C=O) groups is 1. The molecule has 0 spiro atoms. The molecule has 3 aromatic rings. The van der Waals surface area contributed by atoms with Crippen molar-refractivity contribution >= 4 is 40.5 Å². The van der Waals surface area contributed by atoms with Crippen LogP contribution in [0.25, 0.3) is 17.0 Å². The van der Waals surface area contributed by atoms with Crippen LogP contribution < -0.4 is 9.47 Å². The quantitative estimate of drug-likeness (QED) is 0.152. The van der Waals surface area contributed by atoms with Crippen molar-refractivity contribution in [3.8, 4) is 11.5 Å². The van der Waals surface area contributed by atoms with E-state index >= 15 is 0 Å². The van der Waals surface area contributed by atoms with Gasteiger partial charge in [-0.15, -0.1) is 0 Å². The van der Waals surface area contributed by atoms with Gasteiger partial charge in [0, 0.05) is 11.8 Å². The van der Waals surface area contributed by atoms with E-state index in [1.54, 1.807) is 18.2 Å². The summed E-state index contributed by atoms with van der Waals surface area (Å²) in [6, 6.07) is 12.5. The van der Waals surface area contributed by atoms with Crippen molar-refractivity contribution in [2.75, 3.05) is 6.61 Å². The van der Waals surface area contributed by atoms with Crippen molar-refractivity contribution in [3.63, 3.8) is 0 Å². The van der Waals surface area contributed by atoms with Crippen LogP contribution in [-0.4, -0.2) is 28.7 Å². The van der Waals surface area contributed by atoms with Crippen molar-refractivity contribution in [3.05, 3.63) is 71.5 Å². The molecule has 7 nitrogen and oxygen atoms in total. The molecule has 37 heavy (non-hydrogen) atoms. The molecule has 0 saturated carbocycles. The zero-order valence-corrected chi connectivity index (χ0v) is 23.0. The number of hydrogen-bond acceptors (Lipinski definition) is 6. The minimum Gasteiger partial charge on any atom is -0.480 e. The van der Waals surface area contributed by atoms with E-state index in [1.807, 2.05) is 64.1 Å². The Hall–Kier alpha value is -3.58. The highest BCUT2D eigenvalue weighted by atomic mass is 35.5. The van der Waals surface area contributed by atoms with Gasteiger partial charge >= 0.3 is 5.97 Å². The minimum absolute atomic E-state index is 0.236. The summed E-state index contributed by atoms with van der Waals surface area (Å²) in [4.78, 5) is 15.5. The smallest absolute Gasteiger partial charge is 0.341 e. The van der Waals surface area contributed by atoms with E-state index in [1.165, 1.54) is 0 Å². The summed E-state index contributed by atoms with van der Waals surface area (Å²) in [5.41, 5.74) is 1.72. The Balaban J connectivity index is 0.00000163. The van der Waals surface area contributed by atoms with E-state index in [0.29, 0.717) is 34.7 Å². The number of halogens is 1. The average Bonchev–Trinajstić information content (AvgIpc) is 3.30. The molecule has 1 heterocycles. The summed E-state index contributed by atoms with van der Waals surface area (Å²) in [5.74, 6) is 0.162. The normalized spacial score (nSPS) is 11.1. The number of aliphatic imine (C=N–C) groups is 1. The number of fused-ring (bicyclic) bond motifs is 1. The molecule has 0 atom stereocenters. The number of allylic oxidation sites excluding steroid dienone is 1. The van der Waals surface area contributed by atoms with Crippen LogP contribution in [0.2, 0.25) is 5.02 Å². The molecule has 0 aliphatic rings. The van der Waals surface area contributed by atoms with Crippen molar-refractivity contribution in [2.24, 2.45) is 4.99 Å². The van der Waals surface area contributed by atoms with Gasteiger partial charge in [0.25, 0.3) is 0 Å². The molecule has 0 aliphatic carbocycles. The molecule has 8 heteroatoms. The molecule has 200 valence electrons. The number of benzene rings is 2. The van der Waals surface area contributed by atoms with Crippen LogP contribution >= 0.6 is 11.6 Å². The summed E-state index contributed by atoms with van der Waals surface area (Å²) >= 11 is 6.18. The Kier molecular flexibility index (Phi) is 15.1. The first kappa shape index (κ1) is 31.4. The third kappa shape index (κ3) is 10.5. The highest BCUT2D eigenvalue weighted by Crippen LogP contribution is 2.33. The molecule has 0 saturated heterocycles. The first-order chi connectivity index (χ1) is 18.0. The zero-order chi connectivity index (χ0) is 27.6.